The third kappa shape index (κ3) is 12.5. The van der Waals surface area contributed by atoms with E-state index < -0.39 is 29.5 Å². The van der Waals surface area contributed by atoms with E-state index in [1.807, 2.05) is 7.11 Å². The van der Waals surface area contributed by atoms with Crippen molar-refractivity contribution in [3.05, 3.63) is 0 Å². The predicted molar refractivity (Wildman–Crippen MR) is 264 cm³/mol. The van der Waals surface area contributed by atoms with E-state index in [9.17, 15) is 25.3 Å². The molecular formula is C53H92O10S3. The molecule has 382 valence electrons. The van der Waals surface area contributed by atoms with Crippen LogP contribution in [-0.2, 0) is 48.5 Å². The highest BCUT2D eigenvalue weighted by Gasteiger charge is 2.45. The molecule has 8 aliphatic rings. The van der Waals surface area contributed by atoms with Gasteiger partial charge < -0.3 is 18.9 Å². The third-order valence-corrected chi connectivity index (χ3v) is 28.2. The van der Waals surface area contributed by atoms with Crippen molar-refractivity contribution < 1.29 is 44.2 Å². The molecule has 0 radical (unpaired) electrons. The van der Waals surface area contributed by atoms with Crippen molar-refractivity contribution in [1.82, 2.24) is 0 Å². The summed E-state index contributed by atoms with van der Waals surface area (Å²) in [5.74, 6) is 2.17. The van der Waals surface area contributed by atoms with E-state index in [1.54, 1.807) is 0 Å². The minimum absolute atomic E-state index is 0.0492. The normalized spacial score (nSPS) is 41.8. The molecule has 0 spiro atoms. The van der Waals surface area contributed by atoms with Gasteiger partial charge in [-0.3, -0.25) is 0 Å². The number of hydrogen-bond acceptors (Lipinski definition) is 10. The minimum atomic E-state index is -3.25. The largest absolute Gasteiger partial charge is 0.381 e. The van der Waals surface area contributed by atoms with Crippen molar-refractivity contribution in [2.24, 2.45) is 23.2 Å². The molecule has 0 aliphatic heterocycles. The molecule has 8 rings (SSSR count). The standard InChI is InChI=1S/C53H92O10S3/c1-37-5-25-47(26-6-37)64(54,55)48-27-17-43(18-28-48)62-44-19-33-51(34-20-44)66(58,59)52-35-23-46(24-36-52)63-45-21-31-50(32-22-45)65(56,57)49-29-15-42(16-30-49)61-41-13-9-39(10-14-41)53(2,3)38-7-11-40(60-4)12-8-38/h37-52H,5-36H2,1-4H3. The summed E-state index contributed by atoms with van der Waals surface area (Å²) >= 11 is 0. The molecule has 0 aromatic heterocycles. The first-order valence-corrected chi connectivity index (χ1v) is 32.5. The van der Waals surface area contributed by atoms with Crippen LogP contribution in [0.25, 0.3) is 0 Å². The van der Waals surface area contributed by atoms with E-state index in [0.717, 1.165) is 115 Å². The Labute approximate surface area is 402 Å². The second kappa shape index (κ2) is 22.6. The van der Waals surface area contributed by atoms with E-state index in [2.05, 4.69) is 20.8 Å². The van der Waals surface area contributed by atoms with Gasteiger partial charge in [-0.2, -0.15) is 0 Å². The van der Waals surface area contributed by atoms with Crippen molar-refractivity contribution in [3.8, 4) is 0 Å². The van der Waals surface area contributed by atoms with Gasteiger partial charge in [-0.05, 0) is 229 Å². The van der Waals surface area contributed by atoms with Crippen LogP contribution in [0.3, 0.4) is 0 Å². The van der Waals surface area contributed by atoms with Gasteiger partial charge in [0, 0.05) is 7.11 Å². The Balaban J connectivity index is 0.683. The zero-order valence-electron chi connectivity index (χ0n) is 41.7. The van der Waals surface area contributed by atoms with Gasteiger partial charge in [-0.25, -0.2) is 25.3 Å². The summed E-state index contributed by atoms with van der Waals surface area (Å²) in [7, 11) is -7.69. The topological polar surface area (TPSA) is 139 Å². The van der Waals surface area contributed by atoms with Crippen LogP contribution in [0.2, 0.25) is 0 Å². The Morgan fingerprint density at radius 1 is 0.303 bits per heavy atom. The number of hydrogen-bond donors (Lipinski definition) is 0. The summed E-state index contributed by atoms with van der Waals surface area (Å²) in [5.41, 5.74) is 0.358. The molecule has 13 heteroatoms. The number of rotatable bonds is 15. The lowest BCUT2D eigenvalue weighted by Gasteiger charge is -2.47. The van der Waals surface area contributed by atoms with Gasteiger partial charge in [0.1, 0.15) is 0 Å². The smallest absolute Gasteiger partial charge is 0.156 e. The Morgan fingerprint density at radius 2 is 0.500 bits per heavy atom. The van der Waals surface area contributed by atoms with Crippen LogP contribution in [0.5, 0.6) is 0 Å². The first-order chi connectivity index (χ1) is 31.5. The summed E-state index contributed by atoms with van der Waals surface area (Å²) in [4.78, 5) is 0. The van der Waals surface area contributed by atoms with E-state index in [-0.39, 0.29) is 62.0 Å². The van der Waals surface area contributed by atoms with Crippen molar-refractivity contribution in [3.63, 3.8) is 0 Å². The SMILES string of the molecule is COC1CCC(C(C)(C)C2CCC(OC3CCC(S(=O)(=O)C4CCC(OC5CCC(S(=O)(=O)C6CCC(OC7CCC(S(=O)(=O)C8CCC(C)CC8)CC7)CC6)CC5)CC4)CC3)CC2)CC1. The summed E-state index contributed by atoms with van der Waals surface area (Å²) in [5, 5.41) is -1.54. The highest BCUT2D eigenvalue weighted by molar-refractivity contribution is 7.93. The molecule has 8 fully saturated rings. The fourth-order valence-corrected chi connectivity index (χ4v) is 22.2. The highest BCUT2D eigenvalue weighted by Crippen LogP contribution is 2.49. The third-order valence-electron chi connectivity index (χ3n) is 19.8. The Hall–Kier alpha value is -0.310. The molecule has 0 unspecified atom stereocenters. The summed E-state index contributed by atoms with van der Waals surface area (Å²) in [6.07, 6.45) is 29.0. The van der Waals surface area contributed by atoms with E-state index in [4.69, 9.17) is 18.9 Å². The lowest BCUT2D eigenvalue weighted by Crippen LogP contribution is -2.42. The molecule has 0 aromatic rings. The van der Waals surface area contributed by atoms with Gasteiger partial charge >= 0.3 is 0 Å². The van der Waals surface area contributed by atoms with Crippen LogP contribution >= 0.6 is 0 Å². The average molecular weight is 986 g/mol. The molecular weight excluding hydrogens is 893 g/mol. The zero-order valence-corrected chi connectivity index (χ0v) is 44.1. The molecule has 0 heterocycles. The molecule has 0 atom stereocenters. The molecule has 8 saturated carbocycles. The Bertz CT molecular complexity index is 1820. The van der Waals surface area contributed by atoms with E-state index in [0.29, 0.717) is 87.7 Å². The molecule has 8 aliphatic carbocycles. The first-order valence-electron chi connectivity index (χ1n) is 27.7. The van der Waals surface area contributed by atoms with Gasteiger partial charge in [0.05, 0.1) is 74.2 Å². The molecule has 0 aromatic carbocycles. The molecule has 66 heavy (non-hydrogen) atoms. The van der Waals surface area contributed by atoms with Crippen LogP contribution in [0.4, 0.5) is 0 Å². The first kappa shape index (κ1) is 52.0. The molecule has 0 amide bonds. The maximum absolute atomic E-state index is 13.9. The zero-order chi connectivity index (χ0) is 46.7. The number of methoxy groups -OCH3 is 1. The van der Waals surface area contributed by atoms with Crippen molar-refractivity contribution >= 4 is 29.5 Å². The van der Waals surface area contributed by atoms with Gasteiger partial charge in [-0.15, -0.1) is 0 Å². The van der Waals surface area contributed by atoms with Crippen LogP contribution in [0, 0.1) is 23.2 Å². The average Bonchev–Trinajstić information content (AvgIpc) is 3.33. The monoisotopic (exact) mass is 985 g/mol. The summed E-state index contributed by atoms with van der Waals surface area (Å²) in [6, 6.07) is 0. The number of sulfone groups is 3. The minimum Gasteiger partial charge on any atom is -0.381 e. The van der Waals surface area contributed by atoms with Crippen molar-refractivity contribution in [1.29, 1.82) is 0 Å². The van der Waals surface area contributed by atoms with Gasteiger partial charge in [0.15, 0.2) is 29.5 Å². The summed E-state index contributed by atoms with van der Waals surface area (Å²) in [6.45, 7) is 7.24. The number of ether oxygens (including phenoxy) is 4. The van der Waals surface area contributed by atoms with E-state index in [1.165, 1.54) is 38.5 Å². The molecule has 0 saturated heterocycles. The predicted octanol–water partition coefficient (Wildman–Crippen LogP) is 11.2. The fourth-order valence-electron chi connectivity index (χ4n) is 15.0. The van der Waals surface area contributed by atoms with Crippen LogP contribution < -0.4 is 0 Å². The lowest BCUT2D eigenvalue weighted by molar-refractivity contribution is -0.0670. The van der Waals surface area contributed by atoms with Crippen LogP contribution in [0.15, 0.2) is 0 Å². The molecule has 10 nitrogen and oxygen atoms in total. The van der Waals surface area contributed by atoms with E-state index >= 15 is 0 Å². The highest BCUT2D eigenvalue weighted by atomic mass is 32.2. The van der Waals surface area contributed by atoms with Gasteiger partial charge in [-0.1, -0.05) is 20.8 Å². The maximum Gasteiger partial charge on any atom is 0.156 e. The van der Waals surface area contributed by atoms with Gasteiger partial charge in [0.2, 0.25) is 0 Å². The van der Waals surface area contributed by atoms with Crippen molar-refractivity contribution in [2.45, 2.75) is 300 Å². The van der Waals surface area contributed by atoms with Crippen LogP contribution in [-0.4, -0.2) is 107 Å². The maximum atomic E-state index is 13.9. The molecule has 0 N–H and O–H groups in total. The second-order valence-corrected chi connectivity index (χ2v) is 31.6. The fraction of sp³-hybridized carbons (Fsp3) is 1.00. The molecule has 0 bridgehead atoms. The Morgan fingerprint density at radius 3 is 0.727 bits per heavy atom. The second-order valence-electron chi connectivity index (χ2n) is 24.1. The van der Waals surface area contributed by atoms with Gasteiger partial charge in [0.25, 0.3) is 0 Å². The Kier molecular flexibility index (Phi) is 17.8. The lowest BCUT2D eigenvalue weighted by atomic mass is 9.60. The summed E-state index contributed by atoms with van der Waals surface area (Å²) < 4.78 is 108. The quantitative estimate of drug-likeness (QED) is 0.156. The van der Waals surface area contributed by atoms with Crippen molar-refractivity contribution in [2.75, 3.05) is 7.11 Å². The van der Waals surface area contributed by atoms with Crippen LogP contribution in [0.1, 0.15) is 226 Å².